The van der Waals surface area contributed by atoms with Crippen molar-refractivity contribution < 1.29 is 34.0 Å². The molecule has 0 N–H and O–H groups in total. The first kappa shape index (κ1) is 51.5. The molecule has 0 rings (SSSR count). The van der Waals surface area contributed by atoms with Crippen molar-refractivity contribution in [1.29, 1.82) is 0 Å². The van der Waals surface area contributed by atoms with Crippen molar-refractivity contribution in [3.05, 3.63) is 0 Å². The molecule has 0 unspecified atom stereocenters. The quantitative estimate of drug-likeness (QED) is 0.0453. The van der Waals surface area contributed by atoms with Gasteiger partial charge < -0.3 is 0 Å². The third-order valence-electron chi connectivity index (χ3n) is 10.2. The van der Waals surface area contributed by atoms with Crippen LogP contribution in [0.2, 0.25) is 0 Å². The molecule has 0 radical (unpaired) electrons. The molecule has 310 valence electrons. The van der Waals surface area contributed by atoms with Crippen LogP contribution in [0.1, 0.15) is 259 Å². The van der Waals surface area contributed by atoms with Gasteiger partial charge >= 0.3 is 326 Å². The summed E-state index contributed by atoms with van der Waals surface area (Å²) in [6, 6.07) is 0. The average molecular weight is 809 g/mol. The zero-order chi connectivity index (χ0) is 37.3. The molecular weight excluding hydrogens is 713 g/mol. The molecule has 0 aliphatic rings. The van der Waals surface area contributed by atoms with E-state index in [1.54, 1.807) is 0 Å². The zero-order valence-corrected chi connectivity index (χ0v) is 38.0. The van der Waals surface area contributed by atoms with Crippen LogP contribution in [0.5, 0.6) is 0 Å². The topological polar surface area (TPSA) is 46.2 Å². The molecule has 0 atom stereocenters. The molecule has 51 heavy (non-hydrogen) atoms. The Balaban J connectivity index is 5.83. The van der Waals surface area contributed by atoms with E-state index in [1.165, 1.54) is 193 Å². The molecule has 0 saturated carbocycles. The summed E-state index contributed by atoms with van der Waals surface area (Å²) in [5, 5.41) is 0. The maximum atomic E-state index is 7.00. The summed E-state index contributed by atoms with van der Waals surface area (Å²) in [5.74, 6) is 0. The summed E-state index contributed by atoms with van der Waals surface area (Å²) in [4.78, 5) is 0. The Morgan fingerprint density at radius 2 is 0.333 bits per heavy atom. The molecule has 0 bridgehead atoms. The molecule has 0 aliphatic heterocycles. The van der Waals surface area contributed by atoms with Gasteiger partial charge in [-0.25, -0.2) is 0 Å². The van der Waals surface area contributed by atoms with Gasteiger partial charge in [0.05, 0.1) is 0 Å². The average Bonchev–Trinajstić information content (AvgIpc) is 3.14. The van der Waals surface area contributed by atoms with Gasteiger partial charge in [-0.3, -0.25) is 0 Å². The second-order valence-electron chi connectivity index (χ2n) is 15.5. The molecule has 0 spiro atoms. The third kappa shape index (κ3) is 32.5. The summed E-state index contributed by atoms with van der Waals surface area (Å²) in [7, 11) is 0. The Kier molecular flexibility index (Phi) is 40.6. The third-order valence-corrected chi connectivity index (χ3v) is 17.7. The SMILES string of the molecule is CCCCCCCCC[O][Nb]([O]CCCCCCCCC)([O]CCCCCCCCC)([O]CCCCCCCCC)[O]CCCCCCCCC. The van der Waals surface area contributed by atoms with Crippen LogP contribution in [-0.2, 0) is 34.0 Å². The van der Waals surface area contributed by atoms with Crippen LogP contribution in [0.25, 0.3) is 0 Å². The predicted molar refractivity (Wildman–Crippen MR) is 220 cm³/mol. The first-order valence-corrected chi connectivity index (χ1v) is 27.9. The molecule has 0 aliphatic carbocycles. The maximum absolute atomic E-state index is 7.00. The Hall–Kier alpha value is 0.540. The summed E-state index contributed by atoms with van der Waals surface area (Å²) < 4.78 is 35.0. The van der Waals surface area contributed by atoms with Crippen LogP contribution in [-0.4, -0.2) is 33.0 Å². The van der Waals surface area contributed by atoms with Gasteiger partial charge in [-0.2, -0.15) is 0 Å². The number of unbranched alkanes of at least 4 members (excludes halogenated alkanes) is 30. The van der Waals surface area contributed by atoms with E-state index in [2.05, 4.69) is 34.6 Å². The van der Waals surface area contributed by atoms with Crippen LogP contribution in [0.3, 0.4) is 0 Å². The van der Waals surface area contributed by atoms with E-state index < -0.39 is 17.8 Å². The normalized spacial score (nSPS) is 12.8. The van der Waals surface area contributed by atoms with Gasteiger partial charge in [-0.1, -0.05) is 0 Å². The van der Waals surface area contributed by atoms with Crippen LogP contribution < -0.4 is 0 Å². The molecule has 0 aromatic carbocycles. The zero-order valence-electron chi connectivity index (χ0n) is 35.8. The van der Waals surface area contributed by atoms with Gasteiger partial charge in [-0.15, -0.1) is 0 Å². The first-order chi connectivity index (χ1) is 25.1. The van der Waals surface area contributed by atoms with Crippen LogP contribution >= 0.6 is 0 Å². The van der Waals surface area contributed by atoms with E-state index in [4.69, 9.17) is 16.2 Å². The van der Waals surface area contributed by atoms with Gasteiger partial charge in [-0.05, 0) is 0 Å². The molecule has 5 nitrogen and oxygen atoms in total. The van der Waals surface area contributed by atoms with Gasteiger partial charge in [0.15, 0.2) is 0 Å². The van der Waals surface area contributed by atoms with Crippen molar-refractivity contribution >= 4 is 0 Å². The molecule has 0 amide bonds. The standard InChI is InChI=1S/5C9H19O.Nb/c5*1-2-3-4-5-6-7-8-9-10;/h5*2-9H2,1H3;/q5*-1;+5. The van der Waals surface area contributed by atoms with Gasteiger partial charge in [0.2, 0.25) is 0 Å². The van der Waals surface area contributed by atoms with Gasteiger partial charge in [0.25, 0.3) is 0 Å². The van der Waals surface area contributed by atoms with E-state index in [9.17, 15) is 0 Å². The fourth-order valence-corrected chi connectivity index (χ4v) is 13.8. The van der Waals surface area contributed by atoms with Crippen molar-refractivity contribution in [2.24, 2.45) is 0 Å². The second kappa shape index (κ2) is 40.2. The molecular formula is C45H95NbO5. The van der Waals surface area contributed by atoms with Crippen molar-refractivity contribution in [2.75, 3.05) is 33.0 Å². The van der Waals surface area contributed by atoms with Crippen LogP contribution in [0, 0.1) is 0 Å². The molecule has 0 fully saturated rings. The minimum absolute atomic E-state index is 0.609. The molecule has 6 heteroatoms. The molecule has 0 aromatic rings. The van der Waals surface area contributed by atoms with Crippen LogP contribution in [0.4, 0.5) is 0 Å². The number of hydrogen-bond donors (Lipinski definition) is 0. The van der Waals surface area contributed by atoms with Crippen molar-refractivity contribution in [3.63, 3.8) is 0 Å². The van der Waals surface area contributed by atoms with Gasteiger partial charge in [0, 0.05) is 0 Å². The summed E-state index contributed by atoms with van der Waals surface area (Å²) in [6.45, 7) is 14.5. The predicted octanol–water partition coefficient (Wildman–Crippen LogP) is 16.1. The fraction of sp³-hybridized carbons (Fsp3) is 1.00. The van der Waals surface area contributed by atoms with E-state index in [1.807, 2.05) is 0 Å². The van der Waals surface area contributed by atoms with E-state index >= 15 is 0 Å². The van der Waals surface area contributed by atoms with Crippen LogP contribution in [0.15, 0.2) is 0 Å². The van der Waals surface area contributed by atoms with E-state index in [0.29, 0.717) is 33.0 Å². The van der Waals surface area contributed by atoms with Crippen molar-refractivity contribution in [2.45, 2.75) is 259 Å². The fourth-order valence-electron chi connectivity index (χ4n) is 6.74. The molecule has 0 aromatic heterocycles. The summed E-state index contributed by atoms with van der Waals surface area (Å²) in [5.41, 5.74) is 0. The van der Waals surface area contributed by atoms with E-state index in [0.717, 1.165) is 32.1 Å². The van der Waals surface area contributed by atoms with Crippen molar-refractivity contribution in [3.8, 4) is 0 Å². The minimum atomic E-state index is -5.34. The number of hydrogen-bond acceptors (Lipinski definition) is 5. The Morgan fingerprint density at radius 3 is 0.490 bits per heavy atom. The van der Waals surface area contributed by atoms with Gasteiger partial charge in [0.1, 0.15) is 0 Å². The molecule has 0 heterocycles. The van der Waals surface area contributed by atoms with Crippen molar-refractivity contribution in [1.82, 2.24) is 0 Å². The monoisotopic (exact) mass is 809 g/mol. The number of rotatable bonds is 45. The summed E-state index contributed by atoms with van der Waals surface area (Å²) >= 11 is -5.34. The second-order valence-corrected chi connectivity index (χ2v) is 22.4. The molecule has 0 saturated heterocycles. The Labute approximate surface area is 325 Å². The Bertz CT molecular complexity index is 529. The van der Waals surface area contributed by atoms with E-state index in [-0.39, 0.29) is 0 Å². The summed E-state index contributed by atoms with van der Waals surface area (Å²) in [6.07, 6.45) is 43.7. The Morgan fingerprint density at radius 1 is 0.196 bits per heavy atom. The first-order valence-electron chi connectivity index (χ1n) is 23.4.